The first kappa shape index (κ1) is 16.9. The van der Waals surface area contributed by atoms with E-state index in [0.29, 0.717) is 25.9 Å². The number of carbonyl (C=O) groups is 1. The lowest BCUT2D eigenvalue weighted by molar-refractivity contribution is -0.132. The zero-order chi connectivity index (χ0) is 15.0. The van der Waals surface area contributed by atoms with E-state index in [1.807, 2.05) is 13.8 Å². The van der Waals surface area contributed by atoms with Crippen molar-refractivity contribution in [3.8, 4) is 6.07 Å². The van der Waals surface area contributed by atoms with Gasteiger partial charge in [0.25, 0.3) is 0 Å². The van der Waals surface area contributed by atoms with Crippen LogP contribution in [0.2, 0.25) is 0 Å². The van der Waals surface area contributed by atoms with Gasteiger partial charge in [0.2, 0.25) is 5.91 Å². The van der Waals surface area contributed by atoms with E-state index in [4.69, 9.17) is 15.7 Å². The first-order valence-corrected chi connectivity index (χ1v) is 7.16. The van der Waals surface area contributed by atoms with Crippen LogP contribution in [0.15, 0.2) is 0 Å². The van der Waals surface area contributed by atoms with E-state index < -0.39 is 5.54 Å². The second-order valence-electron chi connectivity index (χ2n) is 5.91. The van der Waals surface area contributed by atoms with Gasteiger partial charge in [-0.3, -0.25) is 9.69 Å². The normalized spacial score (nSPS) is 16.7. The highest BCUT2D eigenvalue weighted by Crippen LogP contribution is 2.08. The van der Waals surface area contributed by atoms with E-state index in [0.717, 1.165) is 32.8 Å². The van der Waals surface area contributed by atoms with Gasteiger partial charge in [-0.05, 0) is 13.8 Å². The molecule has 1 aliphatic heterocycles. The van der Waals surface area contributed by atoms with Crippen LogP contribution in [-0.2, 0) is 9.53 Å². The molecule has 6 nitrogen and oxygen atoms in total. The summed E-state index contributed by atoms with van der Waals surface area (Å²) in [5, 5.41) is 8.71. The predicted molar refractivity (Wildman–Crippen MR) is 77.0 cm³/mol. The number of amides is 1. The van der Waals surface area contributed by atoms with E-state index >= 15 is 0 Å². The van der Waals surface area contributed by atoms with Gasteiger partial charge in [0, 0.05) is 44.7 Å². The van der Waals surface area contributed by atoms with Crippen molar-refractivity contribution in [3.05, 3.63) is 0 Å². The molecule has 0 radical (unpaired) electrons. The Morgan fingerprint density at radius 2 is 2.05 bits per heavy atom. The molecule has 0 bridgehead atoms. The number of rotatable bonds is 7. The molecule has 0 unspecified atom stereocenters. The zero-order valence-electron chi connectivity index (χ0n) is 12.6. The molecule has 6 heteroatoms. The Morgan fingerprint density at radius 3 is 2.60 bits per heavy atom. The summed E-state index contributed by atoms with van der Waals surface area (Å²) in [6.07, 6.45) is 0.668. The summed E-state index contributed by atoms with van der Waals surface area (Å²) in [7, 11) is 0. The standard InChI is InChI=1S/C14H26N4O2/c1-14(2,16)12-13(19)18(5-3-4-15)7-6-17-8-10-20-11-9-17/h3,5-12,16H2,1-2H3. The molecule has 1 fully saturated rings. The van der Waals surface area contributed by atoms with Crippen molar-refractivity contribution in [2.45, 2.75) is 32.2 Å². The van der Waals surface area contributed by atoms with Crippen molar-refractivity contribution in [2.24, 2.45) is 5.73 Å². The van der Waals surface area contributed by atoms with Gasteiger partial charge in [0.15, 0.2) is 0 Å². The Hall–Kier alpha value is -1.16. The lowest BCUT2D eigenvalue weighted by Crippen LogP contribution is -2.46. The number of hydrogen-bond donors (Lipinski definition) is 1. The van der Waals surface area contributed by atoms with Crippen LogP contribution in [0.5, 0.6) is 0 Å². The molecule has 0 aromatic rings. The number of morpholine rings is 1. The number of nitrogens with zero attached hydrogens (tertiary/aromatic N) is 3. The van der Waals surface area contributed by atoms with Gasteiger partial charge in [0.1, 0.15) is 0 Å². The molecular formula is C14H26N4O2. The first-order valence-electron chi connectivity index (χ1n) is 7.16. The lowest BCUT2D eigenvalue weighted by Gasteiger charge is -2.31. The Morgan fingerprint density at radius 1 is 1.40 bits per heavy atom. The number of ether oxygens (including phenoxy) is 1. The summed E-state index contributed by atoms with van der Waals surface area (Å²) < 4.78 is 5.30. The third-order valence-corrected chi connectivity index (χ3v) is 3.24. The average Bonchev–Trinajstić information content (AvgIpc) is 2.38. The van der Waals surface area contributed by atoms with E-state index in [-0.39, 0.29) is 5.91 Å². The fraction of sp³-hybridized carbons (Fsp3) is 0.857. The maximum Gasteiger partial charge on any atom is 0.224 e. The van der Waals surface area contributed by atoms with Crippen molar-refractivity contribution < 1.29 is 9.53 Å². The fourth-order valence-electron chi connectivity index (χ4n) is 2.13. The van der Waals surface area contributed by atoms with E-state index in [1.54, 1.807) is 4.90 Å². The van der Waals surface area contributed by atoms with Gasteiger partial charge in [-0.15, -0.1) is 0 Å². The second kappa shape index (κ2) is 8.20. The molecule has 1 rings (SSSR count). The fourth-order valence-corrected chi connectivity index (χ4v) is 2.13. The Labute approximate surface area is 121 Å². The Bertz CT molecular complexity index is 340. The molecule has 0 aromatic heterocycles. The van der Waals surface area contributed by atoms with Gasteiger partial charge >= 0.3 is 0 Å². The van der Waals surface area contributed by atoms with Gasteiger partial charge in [-0.25, -0.2) is 0 Å². The molecule has 0 saturated carbocycles. The Balaban J connectivity index is 2.45. The van der Waals surface area contributed by atoms with Crippen LogP contribution in [0.1, 0.15) is 26.7 Å². The molecule has 0 aliphatic carbocycles. The van der Waals surface area contributed by atoms with E-state index in [1.165, 1.54) is 0 Å². The predicted octanol–water partition coefficient (Wildman–Crippen LogP) is 0.188. The SMILES string of the molecule is CC(C)(N)CC(=O)N(CCC#N)CCN1CCOCC1. The lowest BCUT2D eigenvalue weighted by atomic mass is 10.0. The molecule has 2 N–H and O–H groups in total. The highest BCUT2D eigenvalue weighted by Gasteiger charge is 2.22. The zero-order valence-corrected chi connectivity index (χ0v) is 12.6. The quantitative estimate of drug-likeness (QED) is 0.720. The number of carbonyl (C=O) groups excluding carboxylic acids is 1. The van der Waals surface area contributed by atoms with Crippen LogP contribution < -0.4 is 5.73 Å². The maximum atomic E-state index is 12.2. The van der Waals surface area contributed by atoms with Gasteiger partial charge in [-0.1, -0.05) is 0 Å². The number of hydrogen-bond acceptors (Lipinski definition) is 5. The van der Waals surface area contributed by atoms with Crippen molar-refractivity contribution in [2.75, 3.05) is 45.9 Å². The summed E-state index contributed by atoms with van der Waals surface area (Å²) in [6.45, 7) is 8.96. The van der Waals surface area contributed by atoms with Gasteiger partial charge < -0.3 is 15.4 Å². The van der Waals surface area contributed by atoms with E-state index in [9.17, 15) is 4.79 Å². The minimum atomic E-state index is -0.513. The van der Waals surface area contributed by atoms with Crippen LogP contribution >= 0.6 is 0 Å². The molecule has 1 heterocycles. The molecule has 20 heavy (non-hydrogen) atoms. The van der Waals surface area contributed by atoms with Crippen molar-refractivity contribution in [1.29, 1.82) is 5.26 Å². The van der Waals surface area contributed by atoms with Crippen LogP contribution in [-0.4, -0.2) is 67.2 Å². The summed E-state index contributed by atoms with van der Waals surface area (Å²) in [4.78, 5) is 16.3. The van der Waals surface area contributed by atoms with Crippen molar-refractivity contribution in [1.82, 2.24) is 9.80 Å². The highest BCUT2D eigenvalue weighted by atomic mass is 16.5. The smallest absolute Gasteiger partial charge is 0.224 e. The monoisotopic (exact) mass is 282 g/mol. The largest absolute Gasteiger partial charge is 0.379 e. The number of nitrogens with two attached hydrogens (primary N) is 1. The molecule has 114 valence electrons. The molecule has 1 saturated heterocycles. The maximum absolute atomic E-state index is 12.2. The summed E-state index contributed by atoms with van der Waals surface area (Å²) >= 11 is 0. The third kappa shape index (κ3) is 6.85. The third-order valence-electron chi connectivity index (χ3n) is 3.24. The number of nitriles is 1. The van der Waals surface area contributed by atoms with Crippen molar-refractivity contribution >= 4 is 5.91 Å². The minimum Gasteiger partial charge on any atom is -0.379 e. The molecular weight excluding hydrogens is 256 g/mol. The molecule has 1 amide bonds. The second-order valence-corrected chi connectivity index (χ2v) is 5.91. The van der Waals surface area contributed by atoms with Crippen LogP contribution in [0, 0.1) is 11.3 Å². The molecule has 1 aliphatic rings. The van der Waals surface area contributed by atoms with Crippen molar-refractivity contribution in [3.63, 3.8) is 0 Å². The average molecular weight is 282 g/mol. The van der Waals surface area contributed by atoms with Gasteiger partial charge in [-0.2, -0.15) is 5.26 Å². The van der Waals surface area contributed by atoms with Gasteiger partial charge in [0.05, 0.1) is 25.7 Å². The topological polar surface area (TPSA) is 82.6 Å². The van der Waals surface area contributed by atoms with Crippen LogP contribution in [0.3, 0.4) is 0 Å². The van der Waals surface area contributed by atoms with Crippen LogP contribution in [0.4, 0.5) is 0 Å². The molecule has 0 spiro atoms. The summed E-state index contributed by atoms with van der Waals surface area (Å²) in [5.41, 5.74) is 5.39. The highest BCUT2D eigenvalue weighted by molar-refractivity contribution is 5.77. The summed E-state index contributed by atoms with van der Waals surface area (Å²) in [5.74, 6) is 0.0287. The Kier molecular flexibility index (Phi) is 6.93. The summed E-state index contributed by atoms with van der Waals surface area (Å²) in [6, 6.07) is 2.10. The van der Waals surface area contributed by atoms with E-state index in [2.05, 4.69) is 11.0 Å². The minimum absolute atomic E-state index is 0.0287. The van der Waals surface area contributed by atoms with Crippen LogP contribution in [0.25, 0.3) is 0 Å². The first-order chi connectivity index (χ1) is 9.42. The molecule has 0 aromatic carbocycles. The molecule has 0 atom stereocenters.